The van der Waals surface area contributed by atoms with E-state index in [1.54, 1.807) is 0 Å². The Labute approximate surface area is 423 Å². The molecule has 342 valence electrons. The van der Waals surface area contributed by atoms with Crippen LogP contribution in [0.4, 0.5) is 34.1 Å². The van der Waals surface area contributed by atoms with Gasteiger partial charge in [0.15, 0.2) is 0 Å². The van der Waals surface area contributed by atoms with Crippen LogP contribution in [0.2, 0.25) is 0 Å². The van der Waals surface area contributed by atoms with Crippen molar-refractivity contribution in [2.24, 2.45) is 0 Å². The van der Waals surface area contributed by atoms with Crippen LogP contribution in [0.3, 0.4) is 0 Å². The Morgan fingerprint density at radius 1 is 0.205 bits per heavy atom. The van der Waals surface area contributed by atoms with Gasteiger partial charge >= 0.3 is 0 Å². The van der Waals surface area contributed by atoms with Gasteiger partial charge in [-0.3, -0.25) is 0 Å². The summed E-state index contributed by atoms with van der Waals surface area (Å²) in [4.78, 5) is 4.74. The number of nitrogens with zero attached hydrogens (tertiary/aromatic N) is 2. The van der Waals surface area contributed by atoms with Crippen LogP contribution in [0.15, 0.2) is 283 Å². The molecule has 0 aliphatic rings. The van der Waals surface area contributed by atoms with Crippen molar-refractivity contribution in [2.75, 3.05) is 9.80 Å². The van der Waals surface area contributed by atoms with Crippen LogP contribution in [-0.4, -0.2) is 0 Å². The predicted octanol–water partition coefficient (Wildman–Crippen LogP) is 20.1. The highest BCUT2D eigenvalue weighted by Crippen LogP contribution is 2.44. The summed E-state index contributed by atoms with van der Waals surface area (Å²) in [6, 6.07) is 101. The normalized spacial score (nSPS) is 11.6. The molecule has 3 heteroatoms. The van der Waals surface area contributed by atoms with Gasteiger partial charge in [-0.05, 0) is 156 Å². The van der Waals surface area contributed by atoms with Gasteiger partial charge in [0.1, 0.15) is 11.2 Å². The van der Waals surface area contributed by atoms with Gasteiger partial charge in [0.25, 0.3) is 0 Å². The number of furan rings is 1. The third-order valence-corrected chi connectivity index (χ3v) is 14.6. The quantitative estimate of drug-likeness (QED) is 0.135. The lowest BCUT2D eigenvalue weighted by Gasteiger charge is -2.27. The molecule has 14 rings (SSSR count). The maximum atomic E-state index is 6.12. The molecule has 0 radical (unpaired) electrons. The van der Waals surface area contributed by atoms with Crippen LogP contribution in [0.25, 0.3) is 98.4 Å². The van der Waals surface area contributed by atoms with Gasteiger partial charge in [-0.25, -0.2) is 0 Å². The van der Waals surface area contributed by atoms with Crippen molar-refractivity contribution in [1.82, 2.24) is 0 Å². The molecule has 1 aromatic heterocycles. The highest BCUT2D eigenvalue weighted by atomic mass is 16.3. The van der Waals surface area contributed by atoms with Crippen LogP contribution in [0, 0.1) is 0 Å². The van der Waals surface area contributed by atoms with Crippen molar-refractivity contribution in [3.8, 4) is 33.4 Å². The third-order valence-electron chi connectivity index (χ3n) is 14.6. The van der Waals surface area contributed by atoms with Crippen LogP contribution < -0.4 is 9.80 Å². The van der Waals surface area contributed by atoms with Gasteiger partial charge in [-0.15, -0.1) is 0 Å². The molecular formula is C70H46N2O. The summed E-state index contributed by atoms with van der Waals surface area (Å²) >= 11 is 0. The summed E-state index contributed by atoms with van der Waals surface area (Å²) in [6.45, 7) is 0. The molecule has 0 aliphatic carbocycles. The molecular weight excluding hydrogens is 885 g/mol. The highest BCUT2D eigenvalue weighted by Gasteiger charge is 2.19. The highest BCUT2D eigenvalue weighted by molar-refractivity contribution is 6.26. The second-order valence-corrected chi connectivity index (χ2v) is 18.9. The SMILES string of the molecule is c1ccc(N(c2ccc(-c3ccc(N(c4ccc(-c5ccc(-c6ccc7oc8ccccc8c7c6)cc5)cc4)c4ccc5c6ccccc6c6ccccc6c5c4)cc3)cc2)c2cccc3ccccc23)cc1. The van der Waals surface area contributed by atoms with E-state index in [9.17, 15) is 0 Å². The van der Waals surface area contributed by atoms with Crippen molar-refractivity contribution < 1.29 is 4.42 Å². The molecule has 1 heterocycles. The topological polar surface area (TPSA) is 19.6 Å². The fourth-order valence-electron chi connectivity index (χ4n) is 11.1. The van der Waals surface area contributed by atoms with E-state index in [0.717, 1.165) is 72.8 Å². The van der Waals surface area contributed by atoms with E-state index in [4.69, 9.17) is 4.42 Å². The standard InChI is InChI=1S/C70H46N2O/c1-2-15-54(16-3-1)72(68-23-12-14-52-13-4-5-17-59(52)68)57-40-33-50(34-41-57)49-31-38-56(39-32-49)71(58-42-43-64-62-20-7-6-18-60(62)61-19-8-9-21-63(61)66(64)46-58)55-36-29-48(30-37-55)47-25-27-51(28-26-47)53-35-44-70-67(45-53)65-22-10-11-24-69(65)73-70/h1-46H. The molecule has 0 saturated carbocycles. The zero-order chi connectivity index (χ0) is 48.2. The van der Waals surface area contributed by atoms with Crippen molar-refractivity contribution in [3.05, 3.63) is 279 Å². The van der Waals surface area contributed by atoms with Crippen molar-refractivity contribution in [3.63, 3.8) is 0 Å². The lowest BCUT2D eigenvalue weighted by Crippen LogP contribution is -2.10. The molecule has 3 nitrogen and oxygen atoms in total. The first-order chi connectivity index (χ1) is 36.2. The monoisotopic (exact) mass is 930 g/mol. The fourth-order valence-corrected chi connectivity index (χ4v) is 11.1. The second-order valence-electron chi connectivity index (χ2n) is 18.9. The first-order valence-corrected chi connectivity index (χ1v) is 25.0. The largest absolute Gasteiger partial charge is 0.456 e. The molecule has 0 spiro atoms. The first-order valence-electron chi connectivity index (χ1n) is 25.0. The predicted molar refractivity (Wildman–Crippen MR) is 309 cm³/mol. The van der Waals surface area contributed by atoms with Gasteiger partial charge in [-0.1, -0.05) is 194 Å². The Hall–Kier alpha value is -9.70. The smallest absolute Gasteiger partial charge is 0.135 e. The summed E-state index contributed by atoms with van der Waals surface area (Å²) in [5, 5.41) is 12.2. The lowest BCUT2D eigenvalue weighted by molar-refractivity contribution is 0.669. The summed E-state index contributed by atoms with van der Waals surface area (Å²) in [5.74, 6) is 0. The van der Waals surface area contributed by atoms with Crippen molar-refractivity contribution >= 4 is 99.2 Å². The van der Waals surface area contributed by atoms with Gasteiger partial charge in [-0.2, -0.15) is 0 Å². The minimum absolute atomic E-state index is 0.909. The average Bonchev–Trinajstić information content (AvgIpc) is 3.85. The van der Waals surface area contributed by atoms with Crippen molar-refractivity contribution in [1.29, 1.82) is 0 Å². The molecule has 0 atom stereocenters. The third kappa shape index (κ3) is 7.46. The van der Waals surface area contributed by atoms with Gasteiger partial charge in [0, 0.05) is 44.6 Å². The summed E-state index contributed by atoms with van der Waals surface area (Å²) in [5.41, 5.74) is 15.4. The van der Waals surface area contributed by atoms with Crippen LogP contribution in [-0.2, 0) is 0 Å². The number of benzene rings is 13. The molecule has 0 unspecified atom stereocenters. The zero-order valence-electron chi connectivity index (χ0n) is 39.9. The molecule has 0 fully saturated rings. The molecule has 13 aromatic carbocycles. The molecule has 14 aromatic rings. The van der Waals surface area contributed by atoms with Gasteiger partial charge in [0.2, 0.25) is 0 Å². The maximum Gasteiger partial charge on any atom is 0.135 e. The Balaban J connectivity index is 0.821. The number of hydrogen-bond donors (Lipinski definition) is 0. The summed E-state index contributed by atoms with van der Waals surface area (Å²) < 4.78 is 6.12. The van der Waals surface area contributed by atoms with E-state index in [1.165, 1.54) is 59.8 Å². The Bertz CT molecular complexity index is 4310. The Kier molecular flexibility index (Phi) is 10.2. The second kappa shape index (κ2) is 17.6. The number of para-hydroxylation sites is 2. The number of rotatable bonds is 9. The van der Waals surface area contributed by atoms with Crippen LogP contribution in [0.5, 0.6) is 0 Å². The molecule has 0 amide bonds. The maximum absolute atomic E-state index is 6.12. The van der Waals surface area contributed by atoms with Crippen LogP contribution >= 0.6 is 0 Å². The lowest BCUT2D eigenvalue weighted by atomic mass is 9.94. The minimum atomic E-state index is 0.909. The van der Waals surface area contributed by atoms with Crippen molar-refractivity contribution in [2.45, 2.75) is 0 Å². The molecule has 0 N–H and O–H groups in total. The van der Waals surface area contributed by atoms with E-state index in [2.05, 4.69) is 277 Å². The van der Waals surface area contributed by atoms with Gasteiger partial charge < -0.3 is 14.2 Å². The van der Waals surface area contributed by atoms with Gasteiger partial charge in [0.05, 0.1) is 5.69 Å². The average molecular weight is 931 g/mol. The molecule has 0 aliphatic heterocycles. The van der Waals surface area contributed by atoms with E-state index >= 15 is 0 Å². The minimum Gasteiger partial charge on any atom is -0.456 e. The number of fused-ring (bicyclic) bond motifs is 10. The van der Waals surface area contributed by atoms with Crippen LogP contribution in [0.1, 0.15) is 0 Å². The van der Waals surface area contributed by atoms with E-state index < -0.39 is 0 Å². The fraction of sp³-hybridized carbons (Fsp3) is 0. The van der Waals surface area contributed by atoms with E-state index in [1.807, 2.05) is 12.1 Å². The molecule has 73 heavy (non-hydrogen) atoms. The van der Waals surface area contributed by atoms with E-state index in [0.29, 0.717) is 0 Å². The van der Waals surface area contributed by atoms with E-state index in [-0.39, 0.29) is 0 Å². The number of anilines is 6. The summed E-state index contributed by atoms with van der Waals surface area (Å²) in [6.07, 6.45) is 0. The molecule has 0 saturated heterocycles. The Morgan fingerprint density at radius 3 is 1.21 bits per heavy atom. The first kappa shape index (κ1) is 42.2. The molecule has 0 bridgehead atoms. The Morgan fingerprint density at radius 2 is 0.603 bits per heavy atom. The summed E-state index contributed by atoms with van der Waals surface area (Å²) in [7, 11) is 0. The zero-order valence-corrected chi connectivity index (χ0v) is 39.9. The number of hydrogen-bond acceptors (Lipinski definition) is 3.